The Kier molecular flexibility index (Phi) is 5.54. The molecule has 1 amide bonds. The van der Waals surface area contributed by atoms with Gasteiger partial charge in [0.1, 0.15) is 11.5 Å². The van der Waals surface area contributed by atoms with Crippen LogP contribution in [-0.4, -0.2) is 36.1 Å². The van der Waals surface area contributed by atoms with Crippen molar-refractivity contribution in [3.8, 4) is 11.3 Å². The molecular weight excluding hydrogens is 400 g/mol. The molecule has 2 heterocycles. The van der Waals surface area contributed by atoms with Crippen LogP contribution >= 0.6 is 11.8 Å². The molecule has 1 fully saturated rings. The van der Waals surface area contributed by atoms with Crippen molar-refractivity contribution in [1.29, 1.82) is 0 Å². The molecule has 7 heteroatoms. The summed E-state index contributed by atoms with van der Waals surface area (Å²) in [5.74, 6) is 0.584. The van der Waals surface area contributed by atoms with E-state index in [9.17, 15) is 9.59 Å². The number of para-hydroxylation sites is 1. The van der Waals surface area contributed by atoms with E-state index in [1.54, 1.807) is 43.5 Å². The molecule has 0 radical (unpaired) electrons. The van der Waals surface area contributed by atoms with Crippen molar-refractivity contribution < 1.29 is 18.7 Å². The van der Waals surface area contributed by atoms with Gasteiger partial charge in [0.05, 0.1) is 23.3 Å². The van der Waals surface area contributed by atoms with Gasteiger partial charge in [-0.15, -0.1) is 0 Å². The molecule has 1 aliphatic heterocycles. The molecule has 0 unspecified atom stereocenters. The first kappa shape index (κ1) is 19.7. The lowest BCUT2D eigenvalue weighted by molar-refractivity contribution is -0.121. The number of rotatable bonds is 4. The Morgan fingerprint density at radius 3 is 2.67 bits per heavy atom. The number of amides is 1. The Morgan fingerprint density at radius 2 is 1.90 bits per heavy atom. The van der Waals surface area contributed by atoms with Crippen LogP contribution in [0.2, 0.25) is 0 Å². The molecule has 6 nitrogen and oxygen atoms in total. The van der Waals surface area contributed by atoms with Gasteiger partial charge in [0.2, 0.25) is 0 Å². The molecular formula is C23H18N2O4S. The number of benzene rings is 2. The third-order valence-electron chi connectivity index (χ3n) is 4.45. The van der Waals surface area contributed by atoms with E-state index in [1.165, 1.54) is 23.8 Å². The zero-order chi connectivity index (χ0) is 21.1. The van der Waals surface area contributed by atoms with Crippen LogP contribution in [-0.2, 0) is 9.53 Å². The molecule has 0 aliphatic carbocycles. The summed E-state index contributed by atoms with van der Waals surface area (Å²) < 4.78 is 10.6. The molecule has 150 valence electrons. The summed E-state index contributed by atoms with van der Waals surface area (Å²) in [6.45, 7) is 0. The third kappa shape index (κ3) is 4.06. The molecule has 0 atom stereocenters. The number of nitrogens with zero attached hydrogens (tertiary/aromatic N) is 2. The van der Waals surface area contributed by atoms with E-state index in [2.05, 4.69) is 4.99 Å². The van der Waals surface area contributed by atoms with Gasteiger partial charge in [0.15, 0.2) is 5.17 Å². The lowest BCUT2D eigenvalue weighted by Gasteiger charge is -2.06. The van der Waals surface area contributed by atoms with Crippen molar-refractivity contribution in [3.63, 3.8) is 0 Å². The highest BCUT2D eigenvalue weighted by atomic mass is 32.2. The second-order valence-corrected chi connectivity index (χ2v) is 7.49. The monoisotopic (exact) mass is 418 g/mol. The minimum absolute atomic E-state index is 0.139. The average Bonchev–Trinajstić information content (AvgIpc) is 3.35. The standard InChI is InChI=1S/C23H18N2O4S/c1-25-21(26)20(30-23(25)24-17-9-4-3-5-10-17)14-18-11-12-19(29-18)15-7-6-8-16(13-15)22(27)28-2/h3-14H,1-2H3. The van der Waals surface area contributed by atoms with Gasteiger partial charge in [0, 0.05) is 18.7 Å². The summed E-state index contributed by atoms with van der Waals surface area (Å²) >= 11 is 1.30. The number of hydrogen-bond donors (Lipinski definition) is 0. The van der Waals surface area contributed by atoms with Gasteiger partial charge >= 0.3 is 5.97 Å². The van der Waals surface area contributed by atoms with Crippen molar-refractivity contribution in [1.82, 2.24) is 4.90 Å². The number of ether oxygens (including phenoxy) is 1. The van der Waals surface area contributed by atoms with E-state index in [-0.39, 0.29) is 5.91 Å². The number of thioether (sulfide) groups is 1. The van der Waals surface area contributed by atoms with Crippen molar-refractivity contribution in [2.24, 2.45) is 4.99 Å². The van der Waals surface area contributed by atoms with E-state index in [1.807, 2.05) is 36.4 Å². The van der Waals surface area contributed by atoms with Crippen molar-refractivity contribution in [2.75, 3.05) is 14.2 Å². The van der Waals surface area contributed by atoms with Gasteiger partial charge in [-0.2, -0.15) is 0 Å². The Labute approximate surface area is 177 Å². The average molecular weight is 418 g/mol. The number of aliphatic imine (C=N–C) groups is 1. The number of hydrogen-bond acceptors (Lipinski definition) is 6. The van der Waals surface area contributed by atoms with Gasteiger partial charge in [-0.05, 0) is 48.2 Å². The summed E-state index contributed by atoms with van der Waals surface area (Å²) in [6, 6.07) is 20.1. The van der Waals surface area contributed by atoms with Gasteiger partial charge in [-0.25, -0.2) is 9.79 Å². The van der Waals surface area contributed by atoms with Gasteiger partial charge in [-0.1, -0.05) is 30.3 Å². The number of furan rings is 1. The number of esters is 1. The zero-order valence-corrected chi connectivity index (χ0v) is 17.2. The topological polar surface area (TPSA) is 72.1 Å². The van der Waals surface area contributed by atoms with Crippen molar-refractivity contribution in [2.45, 2.75) is 0 Å². The summed E-state index contributed by atoms with van der Waals surface area (Å²) in [4.78, 5) is 30.9. The molecule has 1 aliphatic rings. The Morgan fingerprint density at radius 1 is 1.10 bits per heavy atom. The molecule has 30 heavy (non-hydrogen) atoms. The lowest BCUT2D eigenvalue weighted by atomic mass is 10.1. The van der Waals surface area contributed by atoms with Crippen LogP contribution in [0.1, 0.15) is 16.1 Å². The van der Waals surface area contributed by atoms with E-state index >= 15 is 0 Å². The summed E-state index contributed by atoms with van der Waals surface area (Å²) in [5.41, 5.74) is 1.97. The SMILES string of the molecule is COC(=O)c1cccc(-c2ccc(C=C3SC(=Nc4ccccc4)N(C)C3=O)o2)c1. The van der Waals surface area contributed by atoms with Crippen LogP contribution < -0.4 is 0 Å². The number of carbonyl (C=O) groups is 2. The van der Waals surface area contributed by atoms with E-state index in [4.69, 9.17) is 9.15 Å². The number of amidine groups is 1. The molecule has 3 aromatic rings. The molecule has 0 N–H and O–H groups in total. The van der Waals surface area contributed by atoms with Gasteiger partial charge < -0.3 is 9.15 Å². The van der Waals surface area contributed by atoms with Crippen LogP contribution in [0.15, 0.2) is 81.0 Å². The van der Waals surface area contributed by atoms with E-state index in [0.717, 1.165) is 11.3 Å². The minimum atomic E-state index is -0.410. The highest BCUT2D eigenvalue weighted by Crippen LogP contribution is 2.34. The molecule has 0 bridgehead atoms. The fourth-order valence-corrected chi connectivity index (χ4v) is 3.86. The van der Waals surface area contributed by atoms with E-state index < -0.39 is 5.97 Å². The van der Waals surface area contributed by atoms with Crippen LogP contribution in [0.25, 0.3) is 17.4 Å². The Balaban J connectivity index is 1.58. The predicted octanol–water partition coefficient (Wildman–Crippen LogP) is 4.97. The van der Waals surface area contributed by atoms with Gasteiger partial charge in [0.25, 0.3) is 5.91 Å². The molecule has 1 saturated heterocycles. The maximum Gasteiger partial charge on any atom is 0.337 e. The van der Waals surface area contributed by atoms with Crippen LogP contribution in [0.4, 0.5) is 5.69 Å². The van der Waals surface area contributed by atoms with Crippen molar-refractivity contribution >= 4 is 40.6 Å². The van der Waals surface area contributed by atoms with Crippen LogP contribution in [0, 0.1) is 0 Å². The first-order chi connectivity index (χ1) is 14.5. The predicted molar refractivity (Wildman–Crippen MR) is 117 cm³/mol. The fourth-order valence-electron chi connectivity index (χ4n) is 2.90. The zero-order valence-electron chi connectivity index (χ0n) is 16.4. The Hall–Kier alpha value is -3.58. The quantitative estimate of drug-likeness (QED) is 0.442. The van der Waals surface area contributed by atoms with Crippen molar-refractivity contribution in [3.05, 3.63) is 83.0 Å². The highest BCUT2D eigenvalue weighted by molar-refractivity contribution is 8.18. The second kappa shape index (κ2) is 8.42. The molecule has 1 aromatic heterocycles. The maximum absolute atomic E-state index is 12.6. The molecule has 2 aromatic carbocycles. The molecule has 0 spiro atoms. The largest absolute Gasteiger partial charge is 0.465 e. The third-order valence-corrected chi connectivity index (χ3v) is 5.51. The summed E-state index contributed by atoms with van der Waals surface area (Å²) in [5, 5.41) is 0.606. The van der Waals surface area contributed by atoms with Crippen LogP contribution in [0.5, 0.6) is 0 Å². The molecule has 4 rings (SSSR count). The lowest BCUT2D eigenvalue weighted by Crippen LogP contribution is -2.23. The fraction of sp³-hybridized carbons (Fsp3) is 0.0870. The Bertz CT molecular complexity index is 1160. The maximum atomic E-state index is 12.6. The number of likely N-dealkylation sites (N-methyl/N-ethyl adjacent to an activating group) is 1. The normalized spacial score (nSPS) is 16.5. The highest BCUT2D eigenvalue weighted by Gasteiger charge is 2.30. The second-order valence-electron chi connectivity index (χ2n) is 6.48. The smallest absolute Gasteiger partial charge is 0.337 e. The minimum Gasteiger partial charge on any atom is -0.465 e. The summed E-state index contributed by atoms with van der Waals surface area (Å²) in [7, 11) is 3.04. The van der Waals surface area contributed by atoms with Crippen LogP contribution in [0.3, 0.4) is 0 Å². The number of carbonyl (C=O) groups excluding carboxylic acids is 2. The van der Waals surface area contributed by atoms with E-state index in [0.29, 0.717) is 27.2 Å². The van der Waals surface area contributed by atoms with Gasteiger partial charge in [-0.3, -0.25) is 9.69 Å². The first-order valence-electron chi connectivity index (χ1n) is 9.15. The number of methoxy groups -OCH3 is 1. The first-order valence-corrected chi connectivity index (χ1v) is 9.97. The summed E-state index contributed by atoms with van der Waals surface area (Å²) in [6.07, 6.45) is 1.70. The molecule has 0 saturated carbocycles.